The maximum Gasteiger partial charge on any atom is 0.239 e. The molecule has 2 fully saturated rings. The highest BCUT2D eigenvalue weighted by Crippen LogP contribution is 2.23. The van der Waals surface area contributed by atoms with Gasteiger partial charge in [-0.1, -0.05) is 12.5 Å². The molecule has 1 atom stereocenters. The molecule has 7 heteroatoms. The number of nitrogens with zero attached hydrogens (tertiary/aromatic N) is 2. The van der Waals surface area contributed by atoms with E-state index in [1.807, 2.05) is 0 Å². The predicted octanol–water partition coefficient (Wildman–Crippen LogP) is 3.46. The molecule has 1 aromatic rings. The number of benzene rings is 1. The van der Waals surface area contributed by atoms with Crippen molar-refractivity contribution in [1.82, 2.24) is 15.1 Å². The first-order valence-corrected chi connectivity index (χ1v) is 11.3. The standard InChI is InChI=1S/C23H35N3O2.2ClH/c27-23(22-6-4-11-24-22)26-15-9-19-7-8-21(18-20(19)10-16-26)28-17-5-14-25-12-2-1-3-13-25;;/h7-8,18,22,24H,1-6,9-17H2;2*1H/t22-;;/m0../s1. The van der Waals surface area contributed by atoms with Gasteiger partial charge < -0.3 is 19.9 Å². The van der Waals surface area contributed by atoms with Gasteiger partial charge in [0.15, 0.2) is 0 Å². The molecule has 5 nitrogen and oxygen atoms in total. The summed E-state index contributed by atoms with van der Waals surface area (Å²) in [5.74, 6) is 1.27. The SMILES string of the molecule is Cl.Cl.O=C([C@@H]1CCCN1)N1CCc2ccc(OCCCN3CCCCC3)cc2CC1. The van der Waals surface area contributed by atoms with Crippen molar-refractivity contribution in [3.8, 4) is 5.75 Å². The van der Waals surface area contributed by atoms with Crippen LogP contribution in [0.4, 0.5) is 0 Å². The fraction of sp³-hybridized carbons (Fsp3) is 0.696. The second-order valence-electron chi connectivity index (χ2n) is 8.51. The fourth-order valence-corrected chi connectivity index (χ4v) is 4.79. The van der Waals surface area contributed by atoms with Crippen LogP contribution in [0.3, 0.4) is 0 Å². The molecule has 1 N–H and O–H groups in total. The topological polar surface area (TPSA) is 44.8 Å². The molecular weight excluding hydrogens is 421 g/mol. The first kappa shape index (κ1) is 25.3. The van der Waals surface area contributed by atoms with E-state index in [2.05, 4.69) is 33.3 Å². The maximum absolute atomic E-state index is 12.7. The number of halogens is 2. The number of rotatable bonds is 6. The molecule has 0 unspecified atom stereocenters. The van der Waals surface area contributed by atoms with Crippen molar-refractivity contribution < 1.29 is 9.53 Å². The summed E-state index contributed by atoms with van der Waals surface area (Å²) >= 11 is 0. The highest BCUT2D eigenvalue weighted by atomic mass is 35.5. The normalized spacial score (nSPS) is 21.7. The van der Waals surface area contributed by atoms with E-state index in [1.54, 1.807) is 0 Å². The van der Waals surface area contributed by atoms with E-state index in [0.717, 1.165) is 70.6 Å². The molecule has 30 heavy (non-hydrogen) atoms. The number of fused-ring (bicyclic) bond motifs is 1. The molecule has 4 rings (SSSR count). The summed E-state index contributed by atoms with van der Waals surface area (Å²) in [6, 6.07) is 6.56. The average molecular weight is 458 g/mol. The van der Waals surface area contributed by atoms with E-state index >= 15 is 0 Å². The number of hydrogen-bond donors (Lipinski definition) is 1. The van der Waals surface area contributed by atoms with Gasteiger partial charge in [-0.3, -0.25) is 4.79 Å². The van der Waals surface area contributed by atoms with Crippen LogP contribution >= 0.6 is 24.8 Å². The van der Waals surface area contributed by atoms with Crippen molar-refractivity contribution in [3.63, 3.8) is 0 Å². The number of carbonyl (C=O) groups is 1. The largest absolute Gasteiger partial charge is 0.494 e. The molecule has 3 aliphatic heterocycles. The number of piperidine rings is 1. The third-order valence-corrected chi connectivity index (χ3v) is 6.49. The van der Waals surface area contributed by atoms with Crippen LogP contribution in [0.2, 0.25) is 0 Å². The van der Waals surface area contributed by atoms with Gasteiger partial charge in [-0.05, 0) is 87.8 Å². The zero-order valence-corrected chi connectivity index (χ0v) is 19.6. The summed E-state index contributed by atoms with van der Waals surface area (Å²) in [4.78, 5) is 17.3. The Hall–Kier alpha value is -1.01. The molecule has 1 aromatic carbocycles. The van der Waals surface area contributed by atoms with Crippen LogP contribution in [-0.4, -0.2) is 67.6 Å². The number of hydrogen-bond acceptors (Lipinski definition) is 4. The van der Waals surface area contributed by atoms with Crippen LogP contribution in [0.5, 0.6) is 5.75 Å². The minimum absolute atomic E-state index is 0. The number of carbonyl (C=O) groups excluding carboxylic acids is 1. The molecule has 0 spiro atoms. The number of likely N-dealkylation sites (tertiary alicyclic amines) is 1. The molecule has 0 saturated carbocycles. The third-order valence-electron chi connectivity index (χ3n) is 6.49. The average Bonchev–Trinajstić information content (AvgIpc) is 3.19. The van der Waals surface area contributed by atoms with E-state index < -0.39 is 0 Å². The Morgan fingerprint density at radius 3 is 2.50 bits per heavy atom. The van der Waals surface area contributed by atoms with Gasteiger partial charge in [0.1, 0.15) is 5.75 Å². The molecule has 0 radical (unpaired) electrons. The lowest BCUT2D eigenvalue weighted by molar-refractivity contribution is -0.132. The first-order chi connectivity index (χ1) is 13.8. The Morgan fingerprint density at radius 2 is 1.77 bits per heavy atom. The van der Waals surface area contributed by atoms with Crippen LogP contribution in [-0.2, 0) is 17.6 Å². The zero-order valence-electron chi connectivity index (χ0n) is 17.9. The smallest absolute Gasteiger partial charge is 0.239 e. The summed E-state index contributed by atoms with van der Waals surface area (Å²) < 4.78 is 6.04. The Kier molecular flexibility index (Phi) is 10.7. The van der Waals surface area contributed by atoms with Crippen LogP contribution in [0.1, 0.15) is 49.7 Å². The number of ether oxygens (including phenoxy) is 1. The Bertz CT molecular complexity index is 662. The maximum atomic E-state index is 12.7. The molecule has 2 saturated heterocycles. The second kappa shape index (κ2) is 12.7. The predicted molar refractivity (Wildman–Crippen MR) is 126 cm³/mol. The van der Waals surface area contributed by atoms with Crippen LogP contribution < -0.4 is 10.1 Å². The molecular formula is C23H37Cl2N3O2. The highest BCUT2D eigenvalue weighted by molar-refractivity contribution is 5.85. The van der Waals surface area contributed by atoms with Crippen molar-refractivity contribution in [3.05, 3.63) is 29.3 Å². The summed E-state index contributed by atoms with van der Waals surface area (Å²) in [7, 11) is 0. The van der Waals surface area contributed by atoms with E-state index in [-0.39, 0.29) is 30.9 Å². The van der Waals surface area contributed by atoms with E-state index in [4.69, 9.17) is 4.74 Å². The molecule has 1 amide bonds. The van der Waals surface area contributed by atoms with E-state index in [9.17, 15) is 4.79 Å². The van der Waals surface area contributed by atoms with Crippen LogP contribution in [0, 0.1) is 0 Å². The van der Waals surface area contributed by atoms with Gasteiger partial charge in [0.2, 0.25) is 5.91 Å². The Balaban J connectivity index is 0.00000160. The molecule has 0 bridgehead atoms. The monoisotopic (exact) mass is 457 g/mol. The van der Waals surface area contributed by atoms with Crippen molar-refractivity contribution in [2.75, 3.05) is 45.9 Å². The summed E-state index contributed by atoms with van der Waals surface area (Å²) in [6.45, 7) is 7.07. The van der Waals surface area contributed by atoms with Gasteiger partial charge in [-0.25, -0.2) is 0 Å². The van der Waals surface area contributed by atoms with Crippen LogP contribution in [0.15, 0.2) is 18.2 Å². The van der Waals surface area contributed by atoms with Gasteiger partial charge in [0, 0.05) is 19.6 Å². The molecule has 3 aliphatic rings. The lowest BCUT2D eigenvalue weighted by atomic mass is 10.0. The summed E-state index contributed by atoms with van der Waals surface area (Å²) in [6.07, 6.45) is 9.16. The molecule has 0 aliphatic carbocycles. The van der Waals surface area contributed by atoms with Crippen molar-refractivity contribution in [1.29, 1.82) is 0 Å². The first-order valence-electron chi connectivity index (χ1n) is 11.3. The third kappa shape index (κ3) is 6.74. The number of amides is 1. The van der Waals surface area contributed by atoms with E-state index in [0.29, 0.717) is 5.91 Å². The van der Waals surface area contributed by atoms with Gasteiger partial charge >= 0.3 is 0 Å². The van der Waals surface area contributed by atoms with Gasteiger partial charge in [-0.2, -0.15) is 0 Å². The summed E-state index contributed by atoms with van der Waals surface area (Å²) in [5, 5.41) is 3.34. The summed E-state index contributed by atoms with van der Waals surface area (Å²) in [5.41, 5.74) is 2.72. The van der Waals surface area contributed by atoms with Crippen LogP contribution in [0.25, 0.3) is 0 Å². The van der Waals surface area contributed by atoms with Gasteiger partial charge in [0.05, 0.1) is 12.6 Å². The minimum atomic E-state index is 0. The Morgan fingerprint density at radius 1 is 1.00 bits per heavy atom. The van der Waals surface area contributed by atoms with Gasteiger partial charge in [0.25, 0.3) is 0 Å². The van der Waals surface area contributed by atoms with Crippen molar-refractivity contribution in [2.45, 2.75) is 57.4 Å². The lowest BCUT2D eigenvalue weighted by Crippen LogP contribution is -2.44. The highest BCUT2D eigenvalue weighted by Gasteiger charge is 2.28. The molecule has 3 heterocycles. The quantitative estimate of drug-likeness (QED) is 0.664. The second-order valence-corrected chi connectivity index (χ2v) is 8.51. The van der Waals surface area contributed by atoms with Crippen molar-refractivity contribution in [2.24, 2.45) is 0 Å². The Labute approximate surface area is 193 Å². The van der Waals surface area contributed by atoms with E-state index in [1.165, 1.54) is 43.5 Å². The zero-order chi connectivity index (χ0) is 19.2. The van der Waals surface area contributed by atoms with Gasteiger partial charge in [-0.15, -0.1) is 24.8 Å². The lowest BCUT2D eigenvalue weighted by Gasteiger charge is -2.26. The fourth-order valence-electron chi connectivity index (χ4n) is 4.79. The molecule has 0 aromatic heterocycles. The van der Waals surface area contributed by atoms with Crippen molar-refractivity contribution >= 4 is 30.7 Å². The molecule has 170 valence electrons. The minimum Gasteiger partial charge on any atom is -0.494 e. The number of nitrogens with one attached hydrogen (secondary N) is 1.